The van der Waals surface area contributed by atoms with Gasteiger partial charge in [0.2, 0.25) is 5.91 Å². The van der Waals surface area contributed by atoms with Crippen LogP contribution in [0.5, 0.6) is 0 Å². The van der Waals surface area contributed by atoms with Crippen LogP contribution in [-0.4, -0.2) is 15.8 Å². The molecule has 0 radical (unpaired) electrons. The molecule has 0 atom stereocenters. The van der Waals surface area contributed by atoms with E-state index in [-0.39, 0.29) is 30.2 Å². The minimum atomic E-state index is -0.522. The predicted octanol–water partition coefficient (Wildman–Crippen LogP) is 4.27. The van der Waals surface area contributed by atoms with Crippen LogP contribution in [-0.2, 0) is 11.2 Å². The van der Waals surface area contributed by atoms with Crippen molar-refractivity contribution in [3.63, 3.8) is 0 Å². The molecule has 8 heteroatoms. The number of benzene rings is 2. The fraction of sp³-hybridized carbons (Fsp3) is 0.158. The zero-order chi connectivity index (χ0) is 19.4. The summed E-state index contributed by atoms with van der Waals surface area (Å²) in [6, 6.07) is 10.4. The lowest BCUT2D eigenvalue weighted by Gasteiger charge is -2.07. The number of nitrogens with zero attached hydrogens (tertiary/aromatic N) is 2. The summed E-state index contributed by atoms with van der Waals surface area (Å²) in [6.45, 7) is 1.74. The lowest BCUT2D eigenvalue weighted by molar-refractivity contribution is -0.384. The molecule has 138 valence electrons. The summed E-state index contributed by atoms with van der Waals surface area (Å²) in [5, 5.41) is 13.5. The zero-order valence-corrected chi connectivity index (χ0v) is 14.4. The van der Waals surface area contributed by atoms with Crippen LogP contribution < -0.4 is 5.32 Å². The van der Waals surface area contributed by atoms with Gasteiger partial charge in [0.25, 0.3) is 5.69 Å². The second-order valence-electron chi connectivity index (χ2n) is 5.90. The van der Waals surface area contributed by atoms with Crippen molar-refractivity contribution in [1.29, 1.82) is 0 Å². The molecule has 0 bridgehead atoms. The van der Waals surface area contributed by atoms with Crippen molar-refractivity contribution in [2.75, 3.05) is 5.32 Å². The van der Waals surface area contributed by atoms with Crippen molar-refractivity contribution in [2.45, 2.75) is 19.8 Å². The van der Waals surface area contributed by atoms with Crippen molar-refractivity contribution in [2.24, 2.45) is 0 Å². The Bertz CT molecular complexity index is 1000. The standard InChI is InChI=1S/C19H16FN3O4/c1-12-6-7-13(23(25)26)10-16(12)22-18(24)8-9-19-21-11-17(27-19)14-4-2-3-5-15(14)20/h2-7,10-11H,8-9H2,1H3,(H,22,24). The Hall–Kier alpha value is -3.55. The highest BCUT2D eigenvalue weighted by Gasteiger charge is 2.14. The number of carbonyl (C=O) groups excluding carboxylic acids is 1. The normalized spacial score (nSPS) is 10.6. The van der Waals surface area contributed by atoms with Crippen molar-refractivity contribution >= 4 is 17.3 Å². The molecule has 3 rings (SSSR count). The van der Waals surface area contributed by atoms with Crippen LogP contribution in [0.1, 0.15) is 17.9 Å². The van der Waals surface area contributed by atoms with E-state index in [0.29, 0.717) is 22.7 Å². The molecule has 0 spiro atoms. The molecule has 1 amide bonds. The summed E-state index contributed by atoms with van der Waals surface area (Å²) in [6.07, 6.45) is 1.70. The summed E-state index contributed by atoms with van der Waals surface area (Å²) in [4.78, 5) is 26.5. The zero-order valence-electron chi connectivity index (χ0n) is 14.4. The van der Waals surface area contributed by atoms with Crippen molar-refractivity contribution in [3.8, 4) is 11.3 Å². The quantitative estimate of drug-likeness (QED) is 0.517. The van der Waals surface area contributed by atoms with Gasteiger partial charge in [-0.3, -0.25) is 14.9 Å². The maximum atomic E-state index is 13.8. The highest BCUT2D eigenvalue weighted by atomic mass is 19.1. The summed E-state index contributed by atoms with van der Waals surface area (Å²) < 4.78 is 19.3. The topological polar surface area (TPSA) is 98.3 Å². The molecule has 1 N–H and O–H groups in total. The third kappa shape index (κ3) is 4.35. The number of nitro groups is 1. The average Bonchev–Trinajstić information content (AvgIpc) is 3.11. The van der Waals surface area contributed by atoms with Gasteiger partial charge in [-0.25, -0.2) is 9.37 Å². The number of aryl methyl sites for hydroxylation is 2. The first-order valence-electron chi connectivity index (χ1n) is 8.18. The fourth-order valence-corrected chi connectivity index (χ4v) is 2.50. The summed E-state index contributed by atoms with van der Waals surface area (Å²) >= 11 is 0. The first-order valence-corrected chi connectivity index (χ1v) is 8.18. The first-order chi connectivity index (χ1) is 12.9. The molecule has 0 saturated carbocycles. The van der Waals surface area contributed by atoms with Crippen LogP contribution in [0.4, 0.5) is 15.8 Å². The Morgan fingerprint density at radius 2 is 2.07 bits per heavy atom. The number of nitro benzene ring substituents is 1. The van der Waals surface area contributed by atoms with E-state index in [2.05, 4.69) is 10.3 Å². The van der Waals surface area contributed by atoms with Gasteiger partial charge in [-0.15, -0.1) is 0 Å². The maximum absolute atomic E-state index is 13.8. The fourth-order valence-electron chi connectivity index (χ4n) is 2.50. The van der Waals surface area contributed by atoms with Crippen LogP contribution in [0.3, 0.4) is 0 Å². The van der Waals surface area contributed by atoms with Gasteiger partial charge in [-0.05, 0) is 24.6 Å². The van der Waals surface area contributed by atoms with Gasteiger partial charge in [0.05, 0.1) is 22.4 Å². The molecule has 0 saturated heterocycles. The number of halogens is 1. The molecule has 0 fully saturated rings. The van der Waals surface area contributed by atoms with Crippen molar-refractivity contribution < 1.29 is 18.5 Å². The Morgan fingerprint density at radius 3 is 2.81 bits per heavy atom. The molecular formula is C19H16FN3O4. The van der Waals surface area contributed by atoms with E-state index in [0.717, 1.165) is 0 Å². The van der Waals surface area contributed by atoms with Crippen LogP contribution in [0.25, 0.3) is 11.3 Å². The van der Waals surface area contributed by atoms with Gasteiger partial charge in [-0.2, -0.15) is 0 Å². The van der Waals surface area contributed by atoms with Gasteiger partial charge in [0, 0.05) is 25.0 Å². The van der Waals surface area contributed by atoms with E-state index in [9.17, 15) is 19.3 Å². The third-order valence-electron chi connectivity index (χ3n) is 3.96. The van der Waals surface area contributed by atoms with Crippen LogP contribution in [0.15, 0.2) is 53.1 Å². The lowest BCUT2D eigenvalue weighted by atomic mass is 10.1. The van der Waals surface area contributed by atoms with Gasteiger partial charge in [0.15, 0.2) is 11.7 Å². The number of hydrogen-bond donors (Lipinski definition) is 1. The SMILES string of the molecule is Cc1ccc([N+](=O)[O-])cc1NC(=O)CCc1ncc(-c2ccccc2F)o1. The third-order valence-corrected chi connectivity index (χ3v) is 3.96. The number of amides is 1. The van der Waals surface area contributed by atoms with Crippen molar-refractivity contribution in [1.82, 2.24) is 4.98 Å². The van der Waals surface area contributed by atoms with Crippen LogP contribution in [0.2, 0.25) is 0 Å². The minimum Gasteiger partial charge on any atom is -0.441 e. The molecule has 7 nitrogen and oxygen atoms in total. The number of carbonyl (C=O) groups is 1. The number of nitrogens with one attached hydrogen (secondary N) is 1. The number of oxazole rings is 1. The van der Waals surface area contributed by atoms with Crippen molar-refractivity contribution in [3.05, 3.63) is 76.0 Å². The molecule has 0 aliphatic rings. The first kappa shape index (κ1) is 18.2. The summed E-state index contributed by atoms with van der Waals surface area (Å²) in [5.74, 6) is -0.152. The highest BCUT2D eigenvalue weighted by Crippen LogP contribution is 2.24. The molecule has 1 aromatic heterocycles. The lowest BCUT2D eigenvalue weighted by Crippen LogP contribution is -2.13. The second kappa shape index (κ2) is 7.77. The number of non-ortho nitro benzene ring substituents is 1. The maximum Gasteiger partial charge on any atom is 0.271 e. The molecule has 2 aromatic carbocycles. The van der Waals surface area contributed by atoms with E-state index in [1.165, 1.54) is 24.4 Å². The Labute approximate surface area is 154 Å². The number of aromatic nitrogens is 1. The monoisotopic (exact) mass is 369 g/mol. The molecule has 1 heterocycles. The van der Waals surface area contributed by atoms with E-state index < -0.39 is 10.7 Å². The number of rotatable bonds is 6. The predicted molar refractivity (Wildman–Crippen MR) is 96.7 cm³/mol. The van der Waals surface area contributed by atoms with E-state index in [1.807, 2.05) is 0 Å². The average molecular weight is 369 g/mol. The van der Waals surface area contributed by atoms with E-state index >= 15 is 0 Å². The second-order valence-corrected chi connectivity index (χ2v) is 5.90. The van der Waals surface area contributed by atoms with Gasteiger partial charge < -0.3 is 9.73 Å². The number of anilines is 1. The molecule has 3 aromatic rings. The van der Waals surface area contributed by atoms with E-state index in [1.54, 1.807) is 31.2 Å². The Morgan fingerprint density at radius 1 is 1.30 bits per heavy atom. The van der Waals surface area contributed by atoms with Gasteiger partial charge >= 0.3 is 0 Å². The molecule has 0 aliphatic carbocycles. The molecule has 0 unspecified atom stereocenters. The van der Waals surface area contributed by atoms with E-state index in [4.69, 9.17) is 4.42 Å². The smallest absolute Gasteiger partial charge is 0.271 e. The number of hydrogen-bond acceptors (Lipinski definition) is 5. The Kier molecular flexibility index (Phi) is 5.25. The van der Waals surface area contributed by atoms with Gasteiger partial charge in [0.1, 0.15) is 5.82 Å². The van der Waals surface area contributed by atoms with Gasteiger partial charge in [-0.1, -0.05) is 18.2 Å². The Balaban J connectivity index is 1.63. The van der Waals surface area contributed by atoms with Crippen LogP contribution >= 0.6 is 0 Å². The molecule has 0 aliphatic heterocycles. The summed E-state index contributed by atoms with van der Waals surface area (Å²) in [5.41, 5.74) is 1.30. The minimum absolute atomic E-state index is 0.0688. The summed E-state index contributed by atoms with van der Waals surface area (Å²) in [7, 11) is 0. The molecule has 27 heavy (non-hydrogen) atoms. The van der Waals surface area contributed by atoms with Crippen LogP contribution in [0, 0.1) is 22.9 Å². The molecular weight excluding hydrogens is 353 g/mol. The highest BCUT2D eigenvalue weighted by molar-refractivity contribution is 5.91. The largest absolute Gasteiger partial charge is 0.441 e.